The van der Waals surface area contributed by atoms with Crippen molar-refractivity contribution in [2.75, 3.05) is 7.11 Å². The van der Waals surface area contributed by atoms with E-state index in [-0.39, 0.29) is 25.4 Å². The lowest BCUT2D eigenvalue weighted by Crippen LogP contribution is -2.26. The van der Waals surface area contributed by atoms with E-state index in [1.165, 1.54) is 7.11 Å². The third-order valence-corrected chi connectivity index (χ3v) is 3.43. The van der Waals surface area contributed by atoms with Gasteiger partial charge in [0.25, 0.3) is 0 Å². The summed E-state index contributed by atoms with van der Waals surface area (Å²) in [6, 6.07) is 13.7. The number of amides is 1. The minimum Gasteiger partial charge on any atom is -0.469 e. The molecule has 0 unspecified atom stereocenters. The van der Waals surface area contributed by atoms with Crippen LogP contribution in [-0.2, 0) is 20.9 Å². The number of carbonyl (C=O) groups is 2. The Balaban J connectivity index is 1.90. The minimum atomic E-state index is -0.405. The molecule has 0 aromatic heterocycles. The lowest BCUT2D eigenvalue weighted by Gasteiger charge is -2.15. The summed E-state index contributed by atoms with van der Waals surface area (Å²) in [5.41, 5.74) is 0.850. The molecule has 1 N–H and O–H groups in total. The highest BCUT2D eigenvalue weighted by atomic mass is 16.5. The summed E-state index contributed by atoms with van der Waals surface area (Å²) in [6.07, 6.45) is 0.644. The molecule has 2 aromatic rings. The number of nitrogens with zero attached hydrogens (tertiary/aromatic N) is 1. The summed E-state index contributed by atoms with van der Waals surface area (Å²) in [5.74, 6) is -0.760. The first-order valence-electron chi connectivity index (χ1n) is 7.14. The molecule has 0 bridgehead atoms. The molecule has 0 heterocycles. The minimum absolute atomic E-state index is 0.110. The van der Waals surface area contributed by atoms with Gasteiger partial charge in [0.2, 0.25) is 5.91 Å². The molecule has 0 saturated carbocycles. The van der Waals surface area contributed by atoms with Crippen molar-refractivity contribution >= 4 is 22.6 Å². The van der Waals surface area contributed by atoms with Gasteiger partial charge in [-0.1, -0.05) is 36.4 Å². The van der Waals surface area contributed by atoms with Gasteiger partial charge in [0.05, 0.1) is 13.7 Å². The molecule has 2 rings (SSSR count). The molecule has 5 nitrogen and oxygen atoms in total. The Bertz CT molecular complexity index is 669. The lowest BCUT2D eigenvalue weighted by atomic mass is 10.1. The zero-order valence-corrected chi connectivity index (χ0v) is 12.5. The average Bonchev–Trinajstić information content (AvgIpc) is 2.54. The van der Waals surface area contributed by atoms with Crippen LogP contribution in [0.2, 0.25) is 0 Å². The molecule has 0 aliphatic carbocycles. The van der Waals surface area contributed by atoms with Crippen molar-refractivity contribution in [2.24, 2.45) is 0 Å². The first-order valence-corrected chi connectivity index (χ1v) is 7.14. The molecule has 0 saturated heterocycles. The van der Waals surface area contributed by atoms with E-state index in [1.54, 1.807) is 0 Å². The van der Waals surface area contributed by atoms with Crippen LogP contribution in [0.15, 0.2) is 42.5 Å². The Morgan fingerprint density at radius 2 is 1.82 bits per heavy atom. The number of hydrogen-bond acceptors (Lipinski definition) is 4. The van der Waals surface area contributed by atoms with E-state index in [2.05, 4.69) is 4.74 Å². The van der Waals surface area contributed by atoms with Crippen LogP contribution >= 0.6 is 0 Å². The van der Waals surface area contributed by atoms with E-state index in [9.17, 15) is 14.8 Å². The lowest BCUT2D eigenvalue weighted by molar-refractivity contribution is -0.168. The van der Waals surface area contributed by atoms with Gasteiger partial charge in [-0.3, -0.25) is 14.8 Å². The molecular formula is C17H19NO4. The number of ether oxygens (including phenoxy) is 1. The van der Waals surface area contributed by atoms with E-state index in [0.29, 0.717) is 11.5 Å². The summed E-state index contributed by atoms with van der Waals surface area (Å²) < 4.78 is 4.50. The molecule has 5 heteroatoms. The number of fused-ring (bicyclic) bond motifs is 1. The molecule has 22 heavy (non-hydrogen) atoms. The number of esters is 1. The Hall–Kier alpha value is -2.40. The molecule has 0 aliphatic rings. The normalized spacial score (nSPS) is 10.5. The fraction of sp³-hybridized carbons (Fsp3) is 0.294. The second kappa shape index (κ2) is 7.56. The van der Waals surface area contributed by atoms with Crippen LogP contribution in [-0.4, -0.2) is 29.3 Å². The second-order valence-electron chi connectivity index (χ2n) is 5.06. The SMILES string of the molecule is COC(=O)CCCC(=O)N(O)Cc1ccc2ccccc2c1. The Labute approximate surface area is 129 Å². The summed E-state index contributed by atoms with van der Waals surface area (Å²) in [7, 11) is 1.31. The fourth-order valence-corrected chi connectivity index (χ4v) is 2.21. The molecule has 0 spiro atoms. The van der Waals surface area contributed by atoms with Gasteiger partial charge in [0, 0.05) is 12.8 Å². The number of carbonyl (C=O) groups excluding carboxylic acids is 2. The quantitative estimate of drug-likeness (QED) is 0.506. The van der Waals surface area contributed by atoms with Crippen molar-refractivity contribution in [3.8, 4) is 0 Å². The second-order valence-corrected chi connectivity index (χ2v) is 5.06. The first kappa shape index (κ1) is 16.0. The molecule has 0 fully saturated rings. The van der Waals surface area contributed by atoms with Gasteiger partial charge in [-0.15, -0.1) is 0 Å². The maximum Gasteiger partial charge on any atom is 0.305 e. The van der Waals surface area contributed by atoms with Crippen LogP contribution in [0.1, 0.15) is 24.8 Å². The van der Waals surface area contributed by atoms with Gasteiger partial charge in [0.15, 0.2) is 0 Å². The van der Waals surface area contributed by atoms with Crippen molar-refractivity contribution < 1.29 is 19.5 Å². The Morgan fingerprint density at radius 3 is 2.55 bits per heavy atom. The number of methoxy groups -OCH3 is 1. The summed E-state index contributed by atoms with van der Waals surface area (Å²) >= 11 is 0. The van der Waals surface area contributed by atoms with Crippen molar-refractivity contribution in [3.05, 3.63) is 48.0 Å². The topological polar surface area (TPSA) is 66.8 Å². The zero-order valence-electron chi connectivity index (χ0n) is 12.5. The van der Waals surface area contributed by atoms with Gasteiger partial charge in [-0.2, -0.15) is 0 Å². The highest BCUT2D eigenvalue weighted by Gasteiger charge is 2.12. The molecule has 1 amide bonds. The van der Waals surface area contributed by atoms with E-state index < -0.39 is 5.91 Å². The third kappa shape index (κ3) is 4.30. The van der Waals surface area contributed by atoms with Crippen LogP contribution in [0.4, 0.5) is 0 Å². The third-order valence-electron chi connectivity index (χ3n) is 3.43. The number of rotatable bonds is 6. The maximum atomic E-state index is 11.8. The van der Waals surface area contributed by atoms with Crippen LogP contribution < -0.4 is 0 Å². The maximum absolute atomic E-state index is 11.8. The van der Waals surface area contributed by atoms with Crippen molar-refractivity contribution in [2.45, 2.75) is 25.8 Å². The van der Waals surface area contributed by atoms with E-state index in [4.69, 9.17) is 0 Å². The van der Waals surface area contributed by atoms with Crippen molar-refractivity contribution in [3.63, 3.8) is 0 Å². The Kier molecular flexibility index (Phi) is 5.49. The molecule has 116 valence electrons. The average molecular weight is 301 g/mol. The molecule has 0 atom stereocenters. The molecular weight excluding hydrogens is 282 g/mol. The monoisotopic (exact) mass is 301 g/mol. The van der Waals surface area contributed by atoms with Gasteiger partial charge in [0.1, 0.15) is 0 Å². The number of benzene rings is 2. The first-order chi connectivity index (χ1) is 10.6. The van der Waals surface area contributed by atoms with E-state index in [0.717, 1.165) is 16.3 Å². The number of hydrogen-bond donors (Lipinski definition) is 1. The van der Waals surface area contributed by atoms with Gasteiger partial charge in [-0.25, -0.2) is 5.06 Å². The summed E-state index contributed by atoms with van der Waals surface area (Å²) in [4.78, 5) is 22.8. The van der Waals surface area contributed by atoms with Gasteiger partial charge in [-0.05, 0) is 28.8 Å². The standard InChI is InChI=1S/C17H19NO4/c1-22-17(20)8-4-7-16(19)18(21)12-13-9-10-14-5-2-3-6-15(14)11-13/h2-3,5-6,9-11,21H,4,7-8,12H2,1H3. The van der Waals surface area contributed by atoms with Gasteiger partial charge >= 0.3 is 5.97 Å². The predicted octanol–water partition coefficient (Wildman–Crippen LogP) is 2.90. The van der Waals surface area contributed by atoms with Crippen LogP contribution in [0.5, 0.6) is 0 Å². The van der Waals surface area contributed by atoms with Crippen molar-refractivity contribution in [1.29, 1.82) is 0 Å². The zero-order chi connectivity index (χ0) is 15.9. The molecule has 0 aliphatic heterocycles. The van der Waals surface area contributed by atoms with Crippen LogP contribution in [0.3, 0.4) is 0 Å². The van der Waals surface area contributed by atoms with Crippen LogP contribution in [0.25, 0.3) is 10.8 Å². The van der Waals surface area contributed by atoms with Crippen LogP contribution in [0, 0.1) is 0 Å². The molecule has 0 radical (unpaired) electrons. The number of hydroxylamine groups is 2. The van der Waals surface area contributed by atoms with Gasteiger partial charge < -0.3 is 4.74 Å². The smallest absolute Gasteiger partial charge is 0.305 e. The van der Waals surface area contributed by atoms with E-state index in [1.807, 2.05) is 42.5 Å². The Morgan fingerprint density at radius 1 is 1.09 bits per heavy atom. The van der Waals surface area contributed by atoms with E-state index >= 15 is 0 Å². The largest absolute Gasteiger partial charge is 0.469 e. The molecule has 2 aromatic carbocycles. The summed E-state index contributed by atoms with van der Waals surface area (Å²) in [5, 5.41) is 12.7. The highest BCUT2D eigenvalue weighted by molar-refractivity contribution is 5.83. The fourth-order valence-electron chi connectivity index (χ4n) is 2.21. The van der Waals surface area contributed by atoms with Crippen molar-refractivity contribution in [1.82, 2.24) is 5.06 Å². The summed E-state index contributed by atoms with van der Waals surface area (Å²) in [6.45, 7) is 0.127. The predicted molar refractivity (Wildman–Crippen MR) is 82.2 cm³/mol. The highest BCUT2D eigenvalue weighted by Crippen LogP contribution is 2.16.